The molecule has 115 valence electrons. The summed E-state index contributed by atoms with van der Waals surface area (Å²) in [4.78, 5) is 38.5. The molecule has 0 atom stereocenters. The van der Waals surface area contributed by atoms with Gasteiger partial charge < -0.3 is 0 Å². The molecule has 0 aliphatic heterocycles. The largest absolute Gasteiger partial charge is 0.289 e. The van der Waals surface area contributed by atoms with Crippen molar-refractivity contribution in [1.29, 1.82) is 0 Å². The Labute approximate surface area is 133 Å². The van der Waals surface area contributed by atoms with Crippen LogP contribution in [0.2, 0.25) is 0 Å². The van der Waals surface area contributed by atoms with E-state index in [1.807, 2.05) is 30.3 Å². The highest BCUT2D eigenvalue weighted by molar-refractivity contribution is 5.98. The number of carbonyl (C=O) groups excluding carboxylic acids is 3. The number of hydrazine groups is 1. The second kappa shape index (κ2) is 8.23. The third-order valence-electron chi connectivity index (χ3n) is 2.87. The molecule has 0 saturated heterocycles. The summed E-state index contributed by atoms with van der Waals surface area (Å²) < 4.78 is 0. The van der Waals surface area contributed by atoms with E-state index in [9.17, 15) is 14.4 Å². The maximum Gasteiger partial charge on any atom is 0.271 e. The number of pyridine rings is 1. The molecular weight excluding hydrogens is 294 g/mol. The predicted octanol–water partition coefficient (Wildman–Crippen LogP) is 1.38. The van der Waals surface area contributed by atoms with Gasteiger partial charge in [0.05, 0.1) is 5.56 Å². The number of nitrogens with one attached hydrogen (secondary N) is 1. The van der Waals surface area contributed by atoms with Crippen molar-refractivity contribution in [2.45, 2.75) is 0 Å². The number of carbonyl (C=O) groups is 2. The fourth-order valence-corrected chi connectivity index (χ4v) is 1.74. The quantitative estimate of drug-likeness (QED) is 0.668. The fourth-order valence-electron chi connectivity index (χ4n) is 1.74. The van der Waals surface area contributed by atoms with Crippen LogP contribution in [0.1, 0.15) is 15.9 Å². The molecule has 1 heterocycles. The molecule has 0 unspecified atom stereocenters. The van der Waals surface area contributed by atoms with Gasteiger partial charge in [0, 0.05) is 18.5 Å². The number of amides is 2. The lowest BCUT2D eigenvalue weighted by Gasteiger charge is -2.19. The van der Waals surface area contributed by atoms with Gasteiger partial charge in [-0.3, -0.25) is 24.8 Å². The van der Waals surface area contributed by atoms with Crippen LogP contribution >= 0.6 is 0 Å². The molecule has 0 saturated carbocycles. The molecule has 2 rings (SSSR count). The van der Waals surface area contributed by atoms with Crippen LogP contribution in [0.5, 0.6) is 0 Å². The molecule has 0 spiro atoms. The summed E-state index contributed by atoms with van der Waals surface area (Å²) in [5.41, 5.74) is 3.47. The van der Waals surface area contributed by atoms with E-state index in [1.165, 1.54) is 18.5 Å². The van der Waals surface area contributed by atoms with Gasteiger partial charge >= 0.3 is 0 Å². The standard InChI is InChI=1S/C17H14N3O3/c21-12-11-20(19-17(23)15-7-4-10-18-13-15)16(22)9-8-14-5-2-1-3-6-14/h1-10,13H,11H2,(H,19,23)/b9-8+. The first-order chi connectivity index (χ1) is 11.2. The number of hydrogen-bond acceptors (Lipinski definition) is 4. The maximum absolute atomic E-state index is 12.1. The van der Waals surface area contributed by atoms with Gasteiger partial charge in [-0.1, -0.05) is 30.3 Å². The van der Waals surface area contributed by atoms with Crippen molar-refractivity contribution in [1.82, 2.24) is 15.4 Å². The summed E-state index contributed by atoms with van der Waals surface area (Å²) in [6.07, 6.45) is 7.35. The molecule has 0 bridgehead atoms. The molecule has 6 heteroatoms. The Kier molecular flexibility index (Phi) is 5.76. The summed E-state index contributed by atoms with van der Waals surface area (Å²) in [6, 6.07) is 12.3. The van der Waals surface area contributed by atoms with Gasteiger partial charge in [0.1, 0.15) is 6.54 Å². The summed E-state index contributed by atoms with van der Waals surface area (Å²) in [7, 11) is 0. The number of benzene rings is 1. The molecule has 6 nitrogen and oxygen atoms in total. The normalized spacial score (nSPS) is 10.3. The molecule has 1 radical (unpaired) electrons. The van der Waals surface area contributed by atoms with E-state index < -0.39 is 11.8 Å². The van der Waals surface area contributed by atoms with Gasteiger partial charge in [-0.2, -0.15) is 0 Å². The number of rotatable bonds is 5. The third kappa shape index (κ3) is 4.89. The second-order valence-electron chi connectivity index (χ2n) is 4.50. The van der Waals surface area contributed by atoms with E-state index in [4.69, 9.17) is 0 Å². The van der Waals surface area contributed by atoms with Gasteiger partial charge in [0.2, 0.25) is 6.29 Å². The molecule has 1 aromatic heterocycles. The summed E-state index contributed by atoms with van der Waals surface area (Å²) >= 11 is 0. The van der Waals surface area contributed by atoms with E-state index in [1.54, 1.807) is 24.5 Å². The molecule has 0 aliphatic rings. The average molecular weight is 308 g/mol. The van der Waals surface area contributed by atoms with E-state index in [-0.39, 0.29) is 12.1 Å². The Morgan fingerprint density at radius 3 is 2.61 bits per heavy atom. The zero-order chi connectivity index (χ0) is 16.5. The lowest BCUT2D eigenvalue weighted by molar-refractivity contribution is -0.127. The highest BCUT2D eigenvalue weighted by atomic mass is 16.2. The first-order valence-electron chi connectivity index (χ1n) is 6.81. The van der Waals surface area contributed by atoms with Crippen molar-refractivity contribution >= 4 is 24.2 Å². The van der Waals surface area contributed by atoms with Gasteiger partial charge in [0.25, 0.3) is 11.8 Å². The monoisotopic (exact) mass is 308 g/mol. The Morgan fingerprint density at radius 2 is 1.96 bits per heavy atom. The molecule has 2 aromatic rings. The summed E-state index contributed by atoms with van der Waals surface area (Å²) in [5, 5.41) is 0.891. The van der Waals surface area contributed by atoms with Crippen molar-refractivity contribution in [2.75, 3.05) is 6.54 Å². The van der Waals surface area contributed by atoms with Crippen molar-refractivity contribution in [2.24, 2.45) is 0 Å². The molecule has 2 amide bonds. The van der Waals surface area contributed by atoms with Crippen LogP contribution in [-0.2, 0) is 9.59 Å². The first kappa shape index (κ1) is 16.1. The minimum absolute atomic E-state index is 0.281. The molecular formula is C17H14N3O3. The maximum atomic E-state index is 12.1. The summed E-state index contributed by atoms with van der Waals surface area (Å²) in [5.74, 6) is -1.07. The Morgan fingerprint density at radius 1 is 1.17 bits per heavy atom. The van der Waals surface area contributed by atoms with E-state index in [0.29, 0.717) is 0 Å². The van der Waals surface area contributed by atoms with Crippen LogP contribution in [0, 0.1) is 0 Å². The van der Waals surface area contributed by atoms with E-state index in [2.05, 4.69) is 10.4 Å². The van der Waals surface area contributed by atoms with Gasteiger partial charge in [-0.15, -0.1) is 0 Å². The van der Waals surface area contributed by atoms with Crippen molar-refractivity contribution < 1.29 is 14.4 Å². The predicted molar refractivity (Wildman–Crippen MR) is 84.6 cm³/mol. The molecule has 1 aromatic carbocycles. The Hall–Kier alpha value is -3.28. The molecule has 0 aliphatic carbocycles. The Bertz CT molecular complexity index is 700. The SMILES string of the molecule is O=[C]CN(NC(=O)c1cccnc1)C(=O)/C=C/c1ccccc1. The van der Waals surface area contributed by atoms with Crippen molar-refractivity contribution in [3.8, 4) is 0 Å². The smallest absolute Gasteiger partial charge is 0.271 e. The highest BCUT2D eigenvalue weighted by Crippen LogP contribution is 2.02. The zero-order valence-electron chi connectivity index (χ0n) is 12.2. The van der Waals surface area contributed by atoms with Crippen molar-refractivity contribution in [3.63, 3.8) is 0 Å². The van der Waals surface area contributed by atoms with Crippen molar-refractivity contribution in [3.05, 3.63) is 72.1 Å². The fraction of sp³-hybridized carbons (Fsp3) is 0.0588. The molecule has 1 N–H and O–H groups in total. The van der Waals surface area contributed by atoms with Crippen LogP contribution in [0.3, 0.4) is 0 Å². The lowest BCUT2D eigenvalue weighted by Crippen LogP contribution is -2.46. The highest BCUT2D eigenvalue weighted by Gasteiger charge is 2.15. The third-order valence-corrected chi connectivity index (χ3v) is 2.87. The summed E-state index contributed by atoms with van der Waals surface area (Å²) in [6.45, 7) is -0.371. The topological polar surface area (TPSA) is 79.4 Å². The molecule has 0 fully saturated rings. The van der Waals surface area contributed by atoms with Crippen LogP contribution in [0.4, 0.5) is 0 Å². The van der Waals surface area contributed by atoms with Crippen LogP contribution in [0.15, 0.2) is 60.9 Å². The Balaban J connectivity index is 2.05. The first-order valence-corrected chi connectivity index (χ1v) is 6.81. The minimum atomic E-state index is -0.533. The van der Waals surface area contributed by atoms with E-state index >= 15 is 0 Å². The zero-order valence-corrected chi connectivity index (χ0v) is 12.2. The minimum Gasteiger partial charge on any atom is -0.289 e. The average Bonchev–Trinajstić information content (AvgIpc) is 2.61. The number of hydrogen-bond donors (Lipinski definition) is 1. The van der Waals surface area contributed by atoms with Crippen LogP contribution in [-0.4, -0.2) is 34.6 Å². The van der Waals surface area contributed by atoms with Crippen LogP contribution < -0.4 is 5.43 Å². The number of nitrogens with zero attached hydrogens (tertiary/aromatic N) is 2. The van der Waals surface area contributed by atoms with Crippen LogP contribution in [0.25, 0.3) is 6.08 Å². The van der Waals surface area contributed by atoms with E-state index in [0.717, 1.165) is 10.6 Å². The van der Waals surface area contributed by atoms with Gasteiger partial charge in [-0.25, -0.2) is 5.01 Å². The molecule has 23 heavy (non-hydrogen) atoms. The lowest BCUT2D eigenvalue weighted by atomic mass is 10.2. The van der Waals surface area contributed by atoms with Gasteiger partial charge in [0.15, 0.2) is 0 Å². The second-order valence-corrected chi connectivity index (χ2v) is 4.50. The number of aromatic nitrogens is 1. The van der Waals surface area contributed by atoms with Gasteiger partial charge in [-0.05, 0) is 23.8 Å².